The van der Waals surface area contributed by atoms with Crippen molar-refractivity contribution in [3.63, 3.8) is 0 Å². The van der Waals surface area contributed by atoms with Crippen molar-refractivity contribution in [3.05, 3.63) is 35.4 Å². The molecule has 0 aromatic heterocycles. The molecule has 24 heavy (non-hydrogen) atoms. The average Bonchev–Trinajstić information content (AvgIpc) is 2.52. The molecule has 1 aromatic carbocycles. The number of hydrogen-bond acceptors (Lipinski definition) is 4. The van der Waals surface area contributed by atoms with Gasteiger partial charge in [0.2, 0.25) is 0 Å². The van der Waals surface area contributed by atoms with Gasteiger partial charge in [-0.15, -0.1) is 0 Å². The number of Topliss-reactive ketones (excluding diaryl/α,β-unsaturated/α-hetero) is 1. The zero-order chi connectivity index (χ0) is 18.2. The lowest BCUT2D eigenvalue weighted by atomic mass is 9.91. The minimum atomic E-state index is -0.875. The molecule has 0 heterocycles. The molecular weight excluding hydrogens is 308 g/mol. The van der Waals surface area contributed by atoms with Crippen LogP contribution in [0.2, 0.25) is 0 Å². The van der Waals surface area contributed by atoms with Crippen LogP contribution in [0.5, 0.6) is 0 Å². The first kappa shape index (κ1) is 19.9. The zero-order valence-electron chi connectivity index (χ0n) is 14.6. The molecule has 1 rings (SSSR count). The molecule has 0 unspecified atom stereocenters. The van der Waals surface area contributed by atoms with Crippen molar-refractivity contribution in [1.82, 2.24) is 0 Å². The molecule has 0 amide bonds. The fourth-order valence-electron chi connectivity index (χ4n) is 2.04. The van der Waals surface area contributed by atoms with E-state index in [2.05, 4.69) is 0 Å². The molecule has 0 bridgehead atoms. The normalized spacial score (nSPS) is 11.1. The number of benzene rings is 1. The van der Waals surface area contributed by atoms with E-state index in [0.717, 1.165) is 5.56 Å². The van der Waals surface area contributed by atoms with Gasteiger partial charge in [0.05, 0.1) is 18.4 Å². The molecule has 5 nitrogen and oxygen atoms in total. The van der Waals surface area contributed by atoms with Gasteiger partial charge in [0.25, 0.3) is 0 Å². The maximum Gasteiger partial charge on any atom is 0.311 e. The third-order valence-corrected chi connectivity index (χ3v) is 4.05. The fraction of sp³-hybridized carbons (Fsp3) is 0.526. The quantitative estimate of drug-likeness (QED) is 0.525. The summed E-state index contributed by atoms with van der Waals surface area (Å²) in [4.78, 5) is 34.3. The number of carbonyl (C=O) groups is 3. The Bertz CT molecular complexity index is 572. The minimum Gasteiger partial charge on any atom is -0.481 e. The summed E-state index contributed by atoms with van der Waals surface area (Å²) < 4.78 is 5.20. The Morgan fingerprint density at radius 1 is 1.04 bits per heavy atom. The Morgan fingerprint density at radius 2 is 1.58 bits per heavy atom. The highest BCUT2D eigenvalue weighted by atomic mass is 16.5. The fourth-order valence-corrected chi connectivity index (χ4v) is 2.04. The van der Waals surface area contributed by atoms with E-state index >= 15 is 0 Å². The van der Waals surface area contributed by atoms with Gasteiger partial charge in [0, 0.05) is 12.8 Å². The second-order valence-electron chi connectivity index (χ2n) is 6.58. The van der Waals surface area contributed by atoms with Gasteiger partial charge in [-0.25, -0.2) is 0 Å². The summed E-state index contributed by atoms with van der Waals surface area (Å²) >= 11 is 0. The van der Waals surface area contributed by atoms with Crippen molar-refractivity contribution in [3.8, 4) is 0 Å². The van der Waals surface area contributed by atoms with Gasteiger partial charge in [-0.3, -0.25) is 14.4 Å². The lowest BCUT2D eigenvalue weighted by Gasteiger charge is -2.20. The van der Waals surface area contributed by atoms with Crippen LogP contribution in [0.1, 0.15) is 51.2 Å². The summed E-state index contributed by atoms with van der Waals surface area (Å²) in [7, 11) is 0. The molecule has 5 heteroatoms. The summed E-state index contributed by atoms with van der Waals surface area (Å²) in [5.74, 6) is -1.03. The molecule has 0 aliphatic heterocycles. The van der Waals surface area contributed by atoms with Crippen molar-refractivity contribution < 1.29 is 24.2 Å². The SMILES string of the molecule is CCC(C)(C)C(=O)OCCCC(=O)Cc1ccc(CC(=O)O)cc1. The van der Waals surface area contributed by atoms with Crippen LogP contribution in [0.15, 0.2) is 24.3 Å². The third kappa shape index (κ3) is 6.94. The first-order valence-corrected chi connectivity index (χ1v) is 8.23. The Kier molecular flexibility index (Phi) is 7.62. The van der Waals surface area contributed by atoms with Crippen LogP contribution in [0, 0.1) is 5.41 Å². The maximum atomic E-state index is 11.9. The molecule has 132 valence electrons. The Labute approximate surface area is 143 Å². The molecular formula is C19H26O5. The van der Waals surface area contributed by atoms with Gasteiger partial charge in [-0.2, -0.15) is 0 Å². The van der Waals surface area contributed by atoms with E-state index in [0.29, 0.717) is 31.2 Å². The van der Waals surface area contributed by atoms with Crippen molar-refractivity contribution >= 4 is 17.7 Å². The van der Waals surface area contributed by atoms with Crippen LogP contribution in [0.3, 0.4) is 0 Å². The van der Waals surface area contributed by atoms with E-state index in [1.807, 2.05) is 20.8 Å². The molecule has 0 aliphatic rings. The summed E-state index contributed by atoms with van der Waals surface area (Å²) in [6.45, 7) is 5.88. The number of rotatable bonds is 10. The number of hydrogen-bond donors (Lipinski definition) is 1. The molecule has 0 saturated heterocycles. The van der Waals surface area contributed by atoms with Gasteiger partial charge < -0.3 is 9.84 Å². The number of aliphatic carboxylic acids is 1. The highest BCUT2D eigenvalue weighted by Gasteiger charge is 2.26. The molecule has 0 radical (unpaired) electrons. The summed E-state index contributed by atoms with van der Waals surface area (Å²) in [5, 5.41) is 8.72. The van der Waals surface area contributed by atoms with Crippen molar-refractivity contribution in [1.29, 1.82) is 0 Å². The number of ketones is 1. The predicted octanol–water partition coefficient (Wildman–Crippen LogP) is 3.18. The number of carbonyl (C=O) groups excluding carboxylic acids is 2. The second kappa shape index (κ2) is 9.21. The van der Waals surface area contributed by atoms with Crippen molar-refractivity contribution in [2.24, 2.45) is 5.41 Å². The van der Waals surface area contributed by atoms with Gasteiger partial charge in [0.15, 0.2) is 0 Å². The topological polar surface area (TPSA) is 80.7 Å². The smallest absolute Gasteiger partial charge is 0.311 e. The van der Waals surface area contributed by atoms with E-state index in [1.165, 1.54) is 0 Å². The highest BCUT2D eigenvalue weighted by Crippen LogP contribution is 2.21. The number of carboxylic acids is 1. The van der Waals surface area contributed by atoms with Crippen molar-refractivity contribution in [2.45, 2.75) is 52.9 Å². The molecule has 0 fully saturated rings. The van der Waals surface area contributed by atoms with E-state index in [1.54, 1.807) is 24.3 Å². The number of carboxylic acid groups (broad SMARTS) is 1. The molecule has 1 N–H and O–H groups in total. The molecule has 0 saturated carbocycles. The van der Waals surface area contributed by atoms with Gasteiger partial charge >= 0.3 is 11.9 Å². The first-order valence-electron chi connectivity index (χ1n) is 8.23. The monoisotopic (exact) mass is 334 g/mol. The standard InChI is InChI=1S/C19H26O5/c1-4-19(2,3)18(23)24-11-5-6-16(20)12-14-7-9-15(10-8-14)13-17(21)22/h7-10H,4-6,11-13H2,1-3H3,(H,21,22). The van der Waals surface area contributed by atoms with Crippen molar-refractivity contribution in [2.75, 3.05) is 6.61 Å². The van der Waals surface area contributed by atoms with E-state index < -0.39 is 11.4 Å². The van der Waals surface area contributed by atoms with Crippen LogP contribution < -0.4 is 0 Å². The largest absolute Gasteiger partial charge is 0.481 e. The Hall–Kier alpha value is -2.17. The summed E-state index contributed by atoms with van der Waals surface area (Å²) in [6, 6.07) is 7.01. The number of esters is 1. The van der Waals surface area contributed by atoms with E-state index in [4.69, 9.17) is 9.84 Å². The van der Waals surface area contributed by atoms with Gasteiger partial charge in [-0.1, -0.05) is 31.2 Å². The van der Waals surface area contributed by atoms with E-state index in [9.17, 15) is 14.4 Å². The Morgan fingerprint density at radius 3 is 2.08 bits per heavy atom. The predicted molar refractivity (Wildman–Crippen MR) is 90.8 cm³/mol. The lowest BCUT2D eigenvalue weighted by molar-refractivity contribution is -0.154. The minimum absolute atomic E-state index is 0.0201. The van der Waals surface area contributed by atoms with Crippen LogP contribution in [0.4, 0.5) is 0 Å². The lowest BCUT2D eigenvalue weighted by Crippen LogP contribution is -2.26. The van der Waals surface area contributed by atoms with Crippen LogP contribution in [-0.4, -0.2) is 29.4 Å². The summed E-state index contributed by atoms with van der Waals surface area (Å²) in [5.41, 5.74) is 1.09. The molecule has 0 spiro atoms. The van der Waals surface area contributed by atoms with Crippen LogP contribution in [0.25, 0.3) is 0 Å². The molecule has 1 aromatic rings. The third-order valence-electron chi connectivity index (χ3n) is 4.05. The molecule has 0 aliphatic carbocycles. The average molecular weight is 334 g/mol. The Balaban J connectivity index is 2.31. The molecule has 0 atom stereocenters. The first-order chi connectivity index (χ1) is 11.2. The van der Waals surface area contributed by atoms with E-state index in [-0.39, 0.29) is 24.8 Å². The van der Waals surface area contributed by atoms with Crippen LogP contribution in [-0.2, 0) is 32.0 Å². The maximum absolute atomic E-state index is 11.9. The summed E-state index contributed by atoms with van der Waals surface area (Å²) in [6.07, 6.45) is 1.87. The number of ether oxygens (including phenoxy) is 1. The van der Waals surface area contributed by atoms with Gasteiger partial charge in [0.1, 0.15) is 5.78 Å². The highest BCUT2D eigenvalue weighted by molar-refractivity contribution is 5.81. The second-order valence-corrected chi connectivity index (χ2v) is 6.58. The van der Waals surface area contributed by atoms with Gasteiger partial charge in [-0.05, 0) is 37.8 Å². The van der Waals surface area contributed by atoms with Crippen LogP contribution >= 0.6 is 0 Å². The zero-order valence-corrected chi connectivity index (χ0v) is 14.6.